The average Bonchev–Trinajstić information content (AvgIpc) is 3.32. The molecule has 7 nitrogen and oxygen atoms in total. The molecule has 158 valence electrons. The standard InChI is InChI=1S/C18H15Cl3F2N6O/c19-11-4-3-10(12(20)5-11)6-28-8-24-18(27-28)25-13(30)7-29-16(9-1-2-9)14(21)15(26-29)17(22)23/h3-5,8-9,17H,1-2,6-7H2,(H,25,27,30). The minimum absolute atomic E-state index is 0.0479. The van der Waals surface area contributed by atoms with Gasteiger partial charge in [-0.1, -0.05) is 40.9 Å². The fraction of sp³-hybridized carbons (Fsp3) is 0.333. The van der Waals surface area contributed by atoms with E-state index in [2.05, 4.69) is 20.5 Å². The Kier molecular flexibility index (Phi) is 5.95. The third-order valence-corrected chi connectivity index (χ3v) is 5.53. The zero-order valence-electron chi connectivity index (χ0n) is 15.3. The minimum atomic E-state index is -2.81. The molecular formula is C18H15Cl3F2N6O. The Bertz CT molecular complexity index is 1100. The number of anilines is 1. The lowest BCUT2D eigenvalue weighted by Crippen LogP contribution is -2.21. The summed E-state index contributed by atoms with van der Waals surface area (Å²) in [7, 11) is 0. The van der Waals surface area contributed by atoms with Crippen molar-refractivity contribution in [1.29, 1.82) is 0 Å². The molecule has 0 radical (unpaired) electrons. The zero-order valence-corrected chi connectivity index (χ0v) is 17.6. The number of amides is 1. The summed E-state index contributed by atoms with van der Waals surface area (Å²) in [6.45, 7) is 0.0625. The minimum Gasteiger partial charge on any atom is -0.292 e. The van der Waals surface area contributed by atoms with Crippen molar-refractivity contribution in [2.75, 3.05) is 5.32 Å². The van der Waals surface area contributed by atoms with Crippen LogP contribution in [-0.2, 0) is 17.9 Å². The van der Waals surface area contributed by atoms with Crippen molar-refractivity contribution < 1.29 is 13.6 Å². The second kappa shape index (κ2) is 8.49. The summed E-state index contributed by atoms with van der Waals surface area (Å²) in [4.78, 5) is 16.4. The summed E-state index contributed by atoms with van der Waals surface area (Å²) in [5.74, 6) is -0.378. The van der Waals surface area contributed by atoms with Gasteiger partial charge in [-0.15, -0.1) is 5.10 Å². The van der Waals surface area contributed by atoms with Crippen LogP contribution in [0.4, 0.5) is 14.7 Å². The molecule has 1 aliphatic rings. The molecule has 0 saturated heterocycles. The fourth-order valence-corrected chi connectivity index (χ4v) is 3.87. The van der Waals surface area contributed by atoms with E-state index in [1.54, 1.807) is 18.2 Å². The summed E-state index contributed by atoms with van der Waals surface area (Å²) >= 11 is 18.1. The Morgan fingerprint density at radius 2 is 2.00 bits per heavy atom. The first-order valence-corrected chi connectivity index (χ1v) is 10.1. The summed E-state index contributed by atoms with van der Waals surface area (Å²) in [6, 6.07) is 5.10. The molecule has 12 heteroatoms. The number of carbonyl (C=O) groups excluding carboxylic acids is 1. The van der Waals surface area contributed by atoms with Crippen molar-refractivity contribution >= 4 is 46.7 Å². The third kappa shape index (κ3) is 4.58. The van der Waals surface area contributed by atoms with Gasteiger partial charge < -0.3 is 0 Å². The van der Waals surface area contributed by atoms with Gasteiger partial charge >= 0.3 is 0 Å². The number of nitrogens with zero attached hydrogens (tertiary/aromatic N) is 5. The highest BCUT2D eigenvalue weighted by Crippen LogP contribution is 2.45. The van der Waals surface area contributed by atoms with Crippen molar-refractivity contribution in [3.63, 3.8) is 0 Å². The molecule has 0 atom stereocenters. The van der Waals surface area contributed by atoms with Crippen LogP contribution in [-0.4, -0.2) is 30.5 Å². The van der Waals surface area contributed by atoms with Crippen LogP contribution in [0.25, 0.3) is 0 Å². The first-order valence-electron chi connectivity index (χ1n) is 8.99. The van der Waals surface area contributed by atoms with Crippen molar-refractivity contribution in [3.8, 4) is 0 Å². The van der Waals surface area contributed by atoms with Crippen LogP contribution in [0, 0.1) is 0 Å². The number of halogens is 5. The van der Waals surface area contributed by atoms with Crippen LogP contribution >= 0.6 is 34.8 Å². The quantitative estimate of drug-likeness (QED) is 0.525. The smallest absolute Gasteiger partial charge is 0.283 e. The molecule has 1 fully saturated rings. The molecular weight excluding hydrogens is 461 g/mol. The number of alkyl halides is 2. The summed E-state index contributed by atoms with van der Waals surface area (Å²) in [5.41, 5.74) is 0.746. The van der Waals surface area contributed by atoms with Gasteiger partial charge in [0.05, 0.1) is 17.3 Å². The summed E-state index contributed by atoms with van der Waals surface area (Å²) < 4.78 is 29.0. The number of hydrogen-bond acceptors (Lipinski definition) is 4. The summed E-state index contributed by atoms with van der Waals surface area (Å²) in [5, 5.41) is 11.5. The Balaban J connectivity index is 1.43. The first kappa shape index (κ1) is 21.0. The maximum absolute atomic E-state index is 13.1. The van der Waals surface area contributed by atoms with E-state index in [4.69, 9.17) is 34.8 Å². The molecule has 2 heterocycles. The lowest BCUT2D eigenvalue weighted by atomic mass is 10.2. The molecule has 1 aromatic carbocycles. The lowest BCUT2D eigenvalue weighted by Gasteiger charge is -2.06. The second-order valence-corrected chi connectivity index (χ2v) is 8.09. The molecule has 0 unspecified atom stereocenters. The van der Waals surface area contributed by atoms with E-state index < -0.39 is 18.0 Å². The molecule has 3 aromatic rings. The van der Waals surface area contributed by atoms with E-state index in [0.717, 1.165) is 18.4 Å². The van der Waals surface area contributed by atoms with Gasteiger partial charge in [-0.05, 0) is 30.5 Å². The molecule has 30 heavy (non-hydrogen) atoms. The predicted octanol–water partition coefficient (Wildman–Crippen LogP) is 4.94. The number of nitrogens with one attached hydrogen (secondary N) is 1. The molecule has 1 amide bonds. The number of rotatable bonds is 7. The zero-order chi connectivity index (χ0) is 21.4. The SMILES string of the molecule is O=C(Cn1nc(C(F)F)c(Cl)c1C1CC1)Nc1ncn(Cc2ccc(Cl)cc2Cl)n1. The summed E-state index contributed by atoms with van der Waals surface area (Å²) in [6.07, 6.45) is 0.288. The van der Waals surface area contributed by atoms with Crippen molar-refractivity contribution in [2.24, 2.45) is 0 Å². The van der Waals surface area contributed by atoms with Crippen molar-refractivity contribution in [3.05, 3.63) is 56.5 Å². The van der Waals surface area contributed by atoms with Crippen LogP contribution in [0.15, 0.2) is 24.5 Å². The van der Waals surface area contributed by atoms with E-state index in [9.17, 15) is 13.6 Å². The number of aromatic nitrogens is 5. The van der Waals surface area contributed by atoms with Crippen LogP contribution in [0.3, 0.4) is 0 Å². The molecule has 1 N–H and O–H groups in total. The topological polar surface area (TPSA) is 77.6 Å². The molecule has 1 saturated carbocycles. The van der Waals surface area contributed by atoms with Gasteiger partial charge in [-0.3, -0.25) is 14.8 Å². The highest BCUT2D eigenvalue weighted by atomic mass is 35.5. The maximum Gasteiger partial charge on any atom is 0.283 e. The molecule has 0 bridgehead atoms. The largest absolute Gasteiger partial charge is 0.292 e. The van der Waals surface area contributed by atoms with Gasteiger partial charge in [0.1, 0.15) is 18.6 Å². The number of hydrogen-bond donors (Lipinski definition) is 1. The molecule has 1 aliphatic carbocycles. The normalized spacial score (nSPS) is 13.8. The Morgan fingerprint density at radius 3 is 2.67 bits per heavy atom. The molecule has 0 spiro atoms. The highest BCUT2D eigenvalue weighted by molar-refractivity contribution is 6.35. The lowest BCUT2D eigenvalue weighted by molar-refractivity contribution is -0.117. The van der Waals surface area contributed by atoms with E-state index in [1.807, 2.05) is 0 Å². The maximum atomic E-state index is 13.1. The monoisotopic (exact) mass is 474 g/mol. The van der Waals surface area contributed by atoms with E-state index in [-0.39, 0.29) is 23.4 Å². The average molecular weight is 476 g/mol. The first-order chi connectivity index (χ1) is 14.3. The molecule has 0 aliphatic heterocycles. The molecule has 4 rings (SSSR count). The van der Waals surface area contributed by atoms with Gasteiger partial charge in [0.2, 0.25) is 11.9 Å². The Hall–Kier alpha value is -2.23. The van der Waals surface area contributed by atoms with Crippen molar-refractivity contribution in [2.45, 2.75) is 38.3 Å². The van der Waals surface area contributed by atoms with E-state index in [0.29, 0.717) is 22.3 Å². The van der Waals surface area contributed by atoms with Gasteiger partial charge in [0.15, 0.2) is 0 Å². The van der Waals surface area contributed by atoms with Gasteiger partial charge in [0.25, 0.3) is 6.43 Å². The van der Waals surface area contributed by atoms with Crippen LogP contribution < -0.4 is 5.32 Å². The van der Waals surface area contributed by atoms with E-state index >= 15 is 0 Å². The second-order valence-electron chi connectivity index (χ2n) is 6.87. The van der Waals surface area contributed by atoms with Crippen LogP contribution in [0.5, 0.6) is 0 Å². The Morgan fingerprint density at radius 1 is 1.23 bits per heavy atom. The van der Waals surface area contributed by atoms with Gasteiger partial charge in [-0.25, -0.2) is 18.4 Å². The molecule has 2 aromatic heterocycles. The predicted molar refractivity (Wildman–Crippen MR) is 108 cm³/mol. The van der Waals surface area contributed by atoms with Gasteiger partial charge in [-0.2, -0.15) is 5.10 Å². The Labute approximate surface area is 184 Å². The van der Waals surface area contributed by atoms with Crippen LogP contribution in [0.2, 0.25) is 15.1 Å². The number of benzene rings is 1. The van der Waals surface area contributed by atoms with Crippen molar-refractivity contribution in [1.82, 2.24) is 24.5 Å². The number of carbonyl (C=O) groups is 1. The highest BCUT2D eigenvalue weighted by Gasteiger charge is 2.34. The fourth-order valence-electron chi connectivity index (χ4n) is 3.03. The van der Waals surface area contributed by atoms with E-state index in [1.165, 1.54) is 15.7 Å². The third-order valence-electron chi connectivity index (χ3n) is 4.56. The van der Waals surface area contributed by atoms with Gasteiger partial charge in [0, 0.05) is 16.0 Å². The van der Waals surface area contributed by atoms with Crippen LogP contribution in [0.1, 0.15) is 42.1 Å².